The number of carbonyl (C=O) groups excluding carboxylic acids is 1. The Hall–Kier alpha value is -1.50. The van der Waals surface area contributed by atoms with E-state index in [4.69, 9.17) is 0 Å². The number of nitrogens with one attached hydrogen (secondary N) is 2. The van der Waals surface area contributed by atoms with Gasteiger partial charge in [-0.05, 0) is 11.6 Å². The van der Waals surface area contributed by atoms with Crippen LogP contribution in [0.1, 0.15) is 31.6 Å². The van der Waals surface area contributed by atoms with Gasteiger partial charge in [-0.25, -0.2) is 0 Å². The van der Waals surface area contributed by atoms with Crippen molar-refractivity contribution in [2.75, 3.05) is 13.1 Å². The lowest BCUT2D eigenvalue weighted by Gasteiger charge is -2.08. The summed E-state index contributed by atoms with van der Waals surface area (Å²) in [5, 5.41) is 18.2. The summed E-state index contributed by atoms with van der Waals surface area (Å²) in [6.45, 7) is 4.20. The topological polar surface area (TPSA) is 84.7 Å². The molecular weight excluding hydrogens is 208 g/mol. The average molecular weight is 224 g/mol. The van der Waals surface area contributed by atoms with Crippen molar-refractivity contribution < 1.29 is 4.79 Å². The normalized spacial score (nSPS) is 21.6. The highest BCUT2D eigenvalue weighted by Gasteiger charge is 2.22. The fraction of sp³-hybridized carbons (Fsp3) is 0.778. The summed E-state index contributed by atoms with van der Waals surface area (Å²) >= 11 is 0. The SMILES string of the molecule is CCCn1nnc(C2CC(=O)NCCN2)n1. The summed E-state index contributed by atoms with van der Waals surface area (Å²) in [4.78, 5) is 12.9. The molecule has 0 spiro atoms. The number of amides is 1. The van der Waals surface area contributed by atoms with Gasteiger partial charge in [0.15, 0.2) is 5.82 Å². The molecule has 0 bridgehead atoms. The van der Waals surface area contributed by atoms with Crippen molar-refractivity contribution in [3.63, 3.8) is 0 Å². The summed E-state index contributed by atoms with van der Waals surface area (Å²) in [7, 11) is 0. The van der Waals surface area contributed by atoms with Crippen molar-refractivity contribution in [3.8, 4) is 0 Å². The molecule has 0 saturated carbocycles. The second-order valence-corrected chi connectivity index (χ2v) is 3.80. The molecule has 0 aliphatic carbocycles. The molecule has 1 saturated heterocycles. The molecule has 1 atom stereocenters. The van der Waals surface area contributed by atoms with Crippen molar-refractivity contribution >= 4 is 5.91 Å². The molecule has 1 aromatic heterocycles. The number of aryl methyl sites for hydroxylation is 1. The van der Waals surface area contributed by atoms with Crippen LogP contribution < -0.4 is 10.6 Å². The third-order valence-corrected chi connectivity index (χ3v) is 2.43. The van der Waals surface area contributed by atoms with Gasteiger partial charge in [-0.2, -0.15) is 4.80 Å². The fourth-order valence-corrected chi connectivity index (χ4v) is 1.65. The van der Waals surface area contributed by atoms with E-state index in [9.17, 15) is 4.79 Å². The first-order valence-corrected chi connectivity index (χ1v) is 5.57. The van der Waals surface area contributed by atoms with Crippen LogP contribution in [-0.4, -0.2) is 39.2 Å². The van der Waals surface area contributed by atoms with Gasteiger partial charge in [0.25, 0.3) is 0 Å². The Kier molecular flexibility index (Phi) is 3.45. The predicted molar refractivity (Wildman–Crippen MR) is 56.5 cm³/mol. The zero-order valence-corrected chi connectivity index (χ0v) is 9.31. The van der Waals surface area contributed by atoms with Crippen LogP contribution in [0.3, 0.4) is 0 Å². The van der Waals surface area contributed by atoms with E-state index in [0.717, 1.165) is 19.5 Å². The molecule has 0 radical (unpaired) electrons. The molecule has 1 amide bonds. The van der Waals surface area contributed by atoms with Crippen LogP contribution in [0.25, 0.3) is 0 Å². The van der Waals surface area contributed by atoms with E-state index in [-0.39, 0.29) is 11.9 Å². The Balaban J connectivity index is 2.06. The van der Waals surface area contributed by atoms with Gasteiger partial charge < -0.3 is 10.6 Å². The number of aromatic nitrogens is 4. The van der Waals surface area contributed by atoms with E-state index in [1.807, 2.05) is 0 Å². The summed E-state index contributed by atoms with van der Waals surface area (Å²) < 4.78 is 0. The minimum absolute atomic E-state index is 0.0295. The maximum atomic E-state index is 11.4. The van der Waals surface area contributed by atoms with E-state index in [1.54, 1.807) is 4.80 Å². The maximum Gasteiger partial charge on any atom is 0.222 e. The molecule has 1 fully saturated rings. The lowest BCUT2D eigenvalue weighted by molar-refractivity contribution is -0.121. The molecule has 7 heteroatoms. The Bertz CT molecular complexity index is 363. The van der Waals surface area contributed by atoms with Crippen LogP contribution in [0.4, 0.5) is 0 Å². The molecule has 0 aromatic carbocycles. The minimum atomic E-state index is -0.117. The Morgan fingerprint density at radius 2 is 2.38 bits per heavy atom. The molecular formula is C9H16N6O. The van der Waals surface area contributed by atoms with E-state index in [0.29, 0.717) is 18.8 Å². The lowest BCUT2D eigenvalue weighted by Crippen LogP contribution is -2.25. The number of hydrogen-bond acceptors (Lipinski definition) is 5. The molecule has 7 nitrogen and oxygen atoms in total. The Labute approximate surface area is 93.6 Å². The minimum Gasteiger partial charge on any atom is -0.355 e. The van der Waals surface area contributed by atoms with Crippen LogP contribution in [-0.2, 0) is 11.3 Å². The molecule has 2 rings (SSSR count). The van der Waals surface area contributed by atoms with Crippen LogP contribution in [0.15, 0.2) is 0 Å². The van der Waals surface area contributed by atoms with Gasteiger partial charge in [-0.1, -0.05) is 6.92 Å². The van der Waals surface area contributed by atoms with Crippen molar-refractivity contribution in [1.82, 2.24) is 30.8 Å². The summed E-state index contributed by atoms with van der Waals surface area (Å²) in [5.74, 6) is 0.632. The second kappa shape index (κ2) is 5.02. The van der Waals surface area contributed by atoms with Gasteiger partial charge in [0.2, 0.25) is 5.91 Å². The van der Waals surface area contributed by atoms with Crippen LogP contribution in [0.5, 0.6) is 0 Å². The first-order valence-electron chi connectivity index (χ1n) is 5.57. The first kappa shape index (κ1) is 11.0. The standard InChI is InChI=1S/C9H16N6O/c1-2-5-15-13-9(12-14-15)7-6-8(16)11-4-3-10-7/h7,10H,2-6H2,1H3,(H,11,16). The van der Waals surface area contributed by atoms with Gasteiger partial charge in [0.1, 0.15) is 0 Å². The zero-order chi connectivity index (χ0) is 11.4. The number of carbonyl (C=O) groups is 1. The summed E-state index contributed by atoms with van der Waals surface area (Å²) in [5.41, 5.74) is 0. The van der Waals surface area contributed by atoms with Crippen molar-refractivity contribution in [1.29, 1.82) is 0 Å². The molecule has 2 N–H and O–H groups in total. The van der Waals surface area contributed by atoms with E-state index in [2.05, 4.69) is 33.0 Å². The molecule has 1 aliphatic heterocycles. The second-order valence-electron chi connectivity index (χ2n) is 3.80. The number of nitrogens with zero attached hydrogens (tertiary/aromatic N) is 4. The van der Waals surface area contributed by atoms with Crippen molar-refractivity contribution in [3.05, 3.63) is 5.82 Å². The third-order valence-electron chi connectivity index (χ3n) is 2.43. The van der Waals surface area contributed by atoms with Gasteiger partial charge in [0.05, 0.1) is 12.6 Å². The Morgan fingerprint density at radius 1 is 1.50 bits per heavy atom. The summed E-state index contributed by atoms with van der Waals surface area (Å²) in [6.07, 6.45) is 1.34. The highest BCUT2D eigenvalue weighted by atomic mass is 16.1. The average Bonchev–Trinajstić information content (AvgIpc) is 2.61. The van der Waals surface area contributed by atoms with Crippen molar-refractivity contribution in [2.24, 2.45) is 0 Å². The maximum absolute atomic E-state index is 11.4. The zero-order valence-electron chi connectivity index (χ0n) is 9.31. The monoisotopic (exact) mass is 224 g/mol. The quantitative estimate of drug-likeness (QED) is 0.704. The van der Waals surface area contributed by atoms with Crippen LogP contribution >= 0.6 is 0 Å². The highest BCUT2D eigenvalue weighted by molar-refractivity contribution is 5.76. The van der Waals surface area contributed by atoms with Gasteiger partial charge >= 0.3 is 0 Å². The molecule has 2 heterocycles. The van der Waals surface area contributed by atoms with Crippen LogP contribution in [0.2, 0.25) is 0 Å². The van der Waals surface area contributed by atoms with E-state index >= 15 is 0 Å². The molecule has 88 valence electrons. The number of hydrogen-bond donors (Lipinski definition) is 2. The molecule has 1 aromatic rings. The van der Waals surface area contributed by atoms with Crippen molar-refractivity contribution in [2.45, 2.75) is 32.4 Å². The largest absolute Gasteiger partial charge is 0.355 e. The predicted octanol–water partition coefficient (Wildman–Crippen LogP) is -0.766. The molecule has 16 heavy (non-hydrogen) atoms. The highest BCUT2D eigenvalue weighted by Crippen LogP contribution is 2.12. The van der Waals surface area contributed by atoms with Gasteiger partial charge in [-0.15, -0.1) is 10.2 Å². The van der Waals surface area contributed by atoms with E-state index in [1.165, 1.54) is 0 Å². The van der Waals surface area contributed by atoms with Crippen LogP contribution in [0, 0.1) is 0 Å². The smallest absolute Gasteiger partial charge is 0.222 e. The molecule has 1 aliphatic rings. The summed E-state index contributed by atoms with van der Waals surface area (Å²) in [6, 6.07) is -0.117. The van der Waals surface area contributed by atoms with E-state index < -0.39 is 0 Å². The number of rotatable bonds is 3. The lowest BCUT2D eigenvalue weighted by atomic mass is 10.2. The number of tetrazole rings is 1. The third kappa shape index (κ3) is 2.54. The Morgan fingerprint density at radius 3 is 3.19 bits per heavy atom. The van der Waals surface area contributed by atoms with Gasteiger partial charge in [0, 0.05) is 19.5 Å². The first-order chi connectivity index (χ1) is 7.79. The fourth-order valence-electron chi connectivity index (χ4n) is 1.65. The van der Waals surface area contributed by atoms with Gasteiger partial charge in [-0.3, -0.25) is 4.79 Å². The molecule has 1 unspecified atom stereocenters.